The summed E-state index contributed by atoms with van der Waals surface area (Å²) in [6.07, 6.45) is 1.67. The van der Waals surface area contributed by atoms with Crippen molar-refractivity contribution in [2.45, 2.75) is 0 Å². The van der Waals surface area contributed by atoms with E-state index in [1.807, 2.05) is 12.1 Å². The van der Waals surface area contributed by atoms with Gasteiger partial charge in [-0.1, -0.05) is 18.2 Å². The van der Waals surface area contributed by atoms with Gasteiger partial charge in [0.05, 0.1) is 12.6 Å². The van der Waals surface area contributed by atoms with Crippen LogP contribution in [0.25, 0.3) is 10.9 Å². The van der Waals surface area contributed by atoms with Crippen LogP contribution in [0.1, 0.15) is 15.9 Å². The number of ketones is 1. The SMILES string of the molecule is COc1ccc(C(=O)c2cccc3ncccc23)cc1F. The van der Waals surface area contributed by atoms with E-state index < -0.39 is 5.82 Å². The molecule has 21 heavy (non-hydrogen) atoms. The second-order valence-electron chi connectivity index (χ2n) is 4.55. The van der Waals surface area contributed by atoms with Crippen LogP contribution in [-0.2, 0) is 0 Å². The van der Waals surface area contributed by atoms with Crippen molar-refractivity contribution >= 4 is 16.7 Å². The molecule has 0 aliphatic heterocycles. The van der Waals surface area contributed by atoms with Crippen LogP contribution in [-0.4, -0.2) is 17.9 Å². The standard InChI is InChI=1S/C17H12FNO2/c1-21-16-8-7-11(10-14(16)18)17(20)13-4-2-6-15-12(13)5-3-9-19-15/h2-10H,1H3. The minimum absolute atomic E-state index is 0.117. The van der Waals surface area contributed by atoms with E-state index in [0.29, 0.717) is 5.56 Å². The zero-order valence-corrected chi connectivity index (χ0v) is 11.3. The molecule has 1 heterocycles. The first-order valence-corrected chi connectivity index (χ1v) is 6.42. The normalized spacial score (nSPS) is 10.6. The Morgan fingerprint density at radius 3 is 2.76 bits per heavy atom. The predicted octanol–water partition coefficient (Wildman–Crippen LogP) is 3.61. The highest BCUT2D eigenvalue weighted by atomic mass is 19.1. The highest BCUT2D eigenvalue weighted by Crippen LogP contribution is 2.23. The van der Waals surface area contributed by atoms with Gasteiger partial charge in [-0.25, -0.2) is 4.39 Å². The van der Waals surface area contributed by atoms with E-state index in [1.165, 1.54) is 19.2 Å². The molecule has 4 heteroatoms. The maximum Gasteiger partial charge on any atom is 0.193 e. The van der Waals surface area contributed by atoms with Crippen LogP contribution >= 0.6 is 0 Å². The molecule has 0 amide bonds. The van der Waals surface area contributed by atoms with E-state index >= 15 is 0 Å². The Hall–Kier alpha value is -2.75. The zero-order chi connectivity index (χ0) is 14.8. The summed E-state index contributed by atoms with van der Waals surface area (Å²) in [5.74, 6) is -0.678. The first-order valence-electron chi connectivity index (χ1n) is 6.42. The van der Waals surface area contributed by atoms with Gasteiger partial charge >= 0.3 is 0 Å². The molecule has 0 atom stereocenters. The van der Waals surface area contributed by atoms with Crippen molar-refractivity contribution in [3.8, 4) is 5.75 Å². The minimum atomic E-state index is -0.554. The Bertz CT molecular complexity index is 825. The van der Waals surface area contributed by atoms with E-state index in [4.69, 9.17) is 4.74 Å². The van der Waals surface area contributed by atoms with Crippen LogP contribution in [0.4, 0.5) is 4.39 Å². The van der Waals surface area contributed by atoms with E-state index in [9.17, 15) is 9.18 Å². The largest absolute Gasteiger partial charge is 0.494 e. The molecule has 2 aromatic carbocycles. The molecule has 0 saturated heterocycles. The number of aromatic nitrogens is 1. The van der Waals surface area contributed by atoms with Gasteiger partial charge in [-0.05, 0) is 30.3 Å². The maximum atomic E-state index is 13.8. The van der Waals surface area contributed by atoms with Crippen LogP contribution in [0.15, 0.2) is 54.7 Å². The summed E-state index contributed by atoms with van der Waals surface area (Å²) >= 11 is 0. The molecule has 0 unspecified atom stereocenters. The summed E-state index contributed by atoms with van der Waals surface area (Å²) in [5, 5.41) is 0.751. The number of rotatable bonds is 3. The van der Waals surface area contributed by atoms with Crippen molar-refractivity contribution in [3.63, 3.8) is 0 Å². The van der Waals surface area contributed by atoms with E-state index in [0.717, 1.165) is 10.9 Å². The number of hydrogen-bond acceptors (Lipinski definition) is 3. The molecule has 1 aromatic heterocycles. The Morgan fingerprint density at radius 2 is 2.00 bits per heavy atom. The van der Waals surface area contributed by atoms with Crippen molar-refractivity contribution in [1.29, 1.82) is 0 Å². The van der Waals surface area contributed by atoms with Gasteiger partial charge in [0.2, 0.25) is 0 Å². The summed E-state index contributed by atoms with van der Waals surface area (Å²) < 4.78 is 18.6. The van der Waals surface area contributed by atoms with Crippen molar-refractivity contribution in [2.75, 3.05) is 7.11 Å². The fourth-order valence-electron chi connectivity index (χ4n) is 2.26. The lowest BCUT2D eigenvalue weighted by molar-refractivity contribution is 0.104. The van der Waals surface area contributed by atoms with Gasteiger partial charge in [0.1, 0.15) is 0 Å². The Labute approximate surface area is 121 Å². The number of carbonyl (C=O) groups is 1. The second-order valence-corrected chi connectivity index (χ2v) is 4.55. The molecule has 0 bridgehead atoms. The van der Waals surface area contributed by atoms with Gasteiger partial charge in [-0.15, -0.1) is 0 Å². The second kappa shape index (κ2) is 5.32. The third-order valence-electron chi connectivity index (χ3n) is 3.30. The molecular formula is C17H12FNO2. The van der Waals surface area contributed by atoms with Gasteiger partial charge in [0.25, 0.3) is 0 Å². The minimum Gasteiger partial charge on any atom is -0.494 e. The Kier molecular flexibility index (Phi) is 3.36. The summed E-state index contributed by atoms with van der Waals surface area (Å²) in [7, 11) is 1.39. The predicted molar refractivity (Wildman–Crippen MR) is 78.1 cm³/mol. The molecule has 0 N–H and O–H groups in total. The Balaban J connectivity index is 2.10. The summed E-state index contributed by atoms with van der Waals surface area (Å²) in [4.78, 5) is 16.8. The Morgan fingerprint density at radius 1 is 1.14 bits per heavy atom. The highest BCUT2D eigenvalue weighted by molar-refractivity contribution is 6.16. The van der Waals surface area contributed by atoms with Gasteiger partial charge in [-0.2, -0.15) is 0 Å². The van der Waals surface area contributed by atoms with Gasteiger partial charge in [-0.3, -0.25) is 9.78 Å². The number of halogens is 1. The smallest absolute Gasteiger partial charge is 0.193 e. The van der Waals surface area contributed by atoms with Crippen LogP contribution in [0.2, 0.25) is 0 Å². The van der Waals surface area contributed by atoms with Gasteiger partial charge in [0.15, 0.2) is 17.3 Å². The van der Waals surface area contributed by atoms with Crippen LogP contribution < -0.4 is 4.74 Å². The summed E-state index contributed by atoms with van der Waals surface area (Å²) in [6.45, 7) is 0. The highest BCUT2D eigenvalue weighted by Gasteiger charge is 2.14. The third kappa shape index (κ3) is 2.36. The number of carbonyl (C=O) groups excluding carboxylic acids is 1. The number of pyridine rings is 1. The van der Waals surface area contributed by atoms with Crippen molar-refractivity contribution < 1.29 is 13.9 Å². The topological polar surface area (TPSA) is 39.2 Å². The monoisotopic (exact) mass is 281 g/mol. The lowest BCUT2D eigenvalue weighted by Crippen LogP contribution is -2.03. The molecule has 3 aromatic rings. The number of methoxy groups -OCH3 is 1. The van der Waals surface area contributed by atoms with Gasteiger partial charge in [0, 0.05) is 22.7 Å². The molecule has 0 aliphatic carbocycles. The number of ether oxygens (including phenoxy) is 1. The molecule has 3 rings (SSSR count). The maximum absolute atomic E-state index is 13.8. The first-order chi connectivity index (χ1) is 10.2. The van der Waals surface area contributed by atoms with Crippen molar-refractivity contribution in [3.05, 3.63) is 71.7 Å². The van der Waals surface area contributed by atoms with Crippen molar-refractivity contribution in [2.24, 2.45) is 0 Å². The molecule has 104 valence electrons. The van der Waals surface area contributed by atoms with E-state index in [1.54, 1.807) is 30.5 Å². The van der Waals surface area contributed by atoms with Crippen LogP contribution in [0.5, 0.6) is 5.75 Å². The molecule has 0 aliphatic rings. The quantitative estimate of drug-likeness (QED) is 0.688. The number of benzene rings is 2. The van der Waals surface area contributed by atoms with Gasteiger partial charge < -0.3 is 4.74 Å². The lowest BCUT2D eigenvalue weighted by Gasteiger charge is -2.07. The third-order valence-corrected chi connectivity index (χ3v) is 3.30. The number of fused-ring (bicyclic) bond motifs is 1. The number of hydrogen-bond donors (Lipinski definition) is 0. The lowest BCUT2D eigenvalue weighted by atomic mass is 9.99. The summed E-state index contributed by atoms with van der Waals surface area (Å²) in [6, 6.07) is 13.1. The first kappa shape index (κ1) is 13.2. The van der Waals surface area contributed by atoms with Crippen LogP contribution in [0.3, 0.4) is 0 Å². The molecule has 0 fully saturated rings. The average Bonchev–Trinajstić information content (AvgIpc) is 2.53. The zero-order valence-electron chi connectivity index (χ0n) is 11.3. The number of nitrogens with zero attached hydrogens (tertiary/aromatic N) is 1. The average molecular weight is 281 g/mol. The molecule has 0 radical (unpaired) electrons. The fraction of sp³-hybridized carbons (Fsp3) is 0.0588. The summed E-state index contributed by atoms with van der Waals surface area (Å²) in [5.41, 5.74) is 1.52. The molecular weight excluding hydrogens is 269 g/mol. The molecule has 0 spiro atoms. The molecule has 3 nitrogen and oxygen atoms in total. The van der Waals surface area contributed by atoms with E-state index in [-0.39, 0.29) is 17.1 Å². The van der Waals surface area contributed by atoms with E-state index in [2.05, 4.69) is 4.98 Å². The van der Waals surface area contributed by atoms with Crippen molar-refractivity contribution in [1.82, 2.24) is 4.98 Å². The fourth-order valence-corrected chi connectivity index (χ4v) is 2.26. The molecule has 0 saturated carbocycles. The van der Waals surface area contributed by atoms with Crippen LogP contribution in [0, 0.1) is 5.82 Å².